The molecule has 0 radical (unpaired) electrons. The number of hydrogen-bond donors (Lipinski definition) is 1. The van der Waals surface area contributed by atoms with E-state index in [1.807, 2.05) is 6.07 Å². The molecule has 0 bridgehead atoms. The Morgan fingerprint density at radius 3 is 2.92 bits per heavy atom. The molecule has 1 aromatic rings. The summed E-state index contributed by atoms with van der Waals surface area (Å²) in [6, 6.07) is 4.23. The van der Waals surface area contributed by atoms with Crippen molar-refractivity contribution in [1.82, 2.24) is 4.98 Å². The first kappa shape index (κ1) is 7.74. The van der Waals surface area contributed by atoms with Crippen LogP contribution < -0.4 is 5.73 Å². The number of nitrogens with zero attached hydrogens (tertiary/aromatic N) is 1. The van der Waals surface area contributed by atoms with Gasteiger partial charge in [0.1, 0.15) is 0 Å². The molecule has 0 aliphatic heterocycles. The molecule has 2 rings (SSSR count). The van der Waals surface area contributed by atoms with Crippen molar-refractivity contribution in [2.45, 2.75) is 32.2 Å². The van der Waals surface area contributed by atoms with Gasteiger partial charge in [0.15, 0.2) is 0 Å². The van der Waals surface area contributed by atoms with E-state index in [0.29, 0.717) is 6.54 Å². The predicted molar refractivity (Wildman–Crippen MR) is 48.8 cm³/mol. The van der Waals surface area contributed by atoms with Crippen molar-refractivity contribution in [1.29, 1.82) is 0 Å². The van der Waals surface area contributed by atoms with Gasteiger partial charge in [0, 0.05) is 12.2 Å². The van der Waals surface area contributed by atoms with E-state index in [1.165, 1.54) is 30.5 Å². The molecule has 2 N–H and O–H groups in total. The minimum absolute atomic E-state index is 0.563. The molecule has 0 saturated heterocycles. The summed E-state index contributed by atoms with van der Waals surface area (Å²) in [4.78, 5) is 4.51. The third-order valence-electron chi connectivity index (χ3n) is 2.44. The summed E-state index contributed by atoms with van der Waals surface area (Å²) in [7, 11) is 0. The Morgan fingerprint density at radius 2 is 2.08 bits per heavy atom. The molecule has 0 unspecified atom stereocenters. The van der Waals surface area contributed by atoms with Gasteiger partial charge >= 0.3 is 0 Å². The fourth-order valence-electron chi connectivity index (χ4n) is 1.74. The number of aromatic nitrogens is 1. The Kier molecular flexibility index (Phi) is 2.09. The summed E-state index contributed by atoms with van der Waals surface area (Å²) < 4.78 is 0. The van der Waals surface area contributed by atoms with Crippen molar-refractivity contribution < 1.29 is 0 Å². The largest absolute Gasteiger partial charge is 0.325 e. The van der Waals surface area contributed by atoms with Crippen molar-refractivity contribution in [2.24, 2.45) is 5.73 Å². The van der Waals surface area contributed by atoms with E-state index in [1.54, 1.807) is 0 Å². The van der Waals surface area contributed by atoms with E-state index < -0.39 is 0 Å². The Labute approximate surface area is 72.8 Å². The molecule has 2 heteroatoms. The summed E-state index contributed by atoms with van der Waals surface area (Å²) in [5.41, 5.74) is 9.25. The second-order valence-electron chi connectivity index (χ2n) is 3.32. The first-order valence-electron chi connectivity index (χ1n) is 4.58. The van der Waals surface area contributed by atoms with Gasteiger partial charge in [-0.15, -0.1) is 0 Å². The SMILES string of the molecule is NCc1ccc2c(n1)CCCC2. The van der Waals surface area contributed by atoms with Gasteiger partial charge in [0.25, 0.3) is 0 Å². The monoisotopic (exact) mass is 162 g/mol. The van der Waals surface area contributed by atoms with E-state index in [4.69, 9.17) is 5.73 Å². The molecule has 0 spiro atoms. The average molecular weight is 162 g/mol. The highest BCUT2D eigenvalue weighted by Gasteiger charge is 2.09. The zero-order chi connectivity index (χ0) is 8.39. The number of rotatable bonds is 1. The maximum absolute atomic E-state index is 5.52. The Morgan fingerprint density at radius 1 is 1.25 bits per heavy atom. The molecule has 0 aromatic carbocycles. The van der Waals surface area contributed by atoms with Crippen LogP contribution in [0.3, 0.4) is 0 Å². The van der Waals surface area contributed by atoms with Crippen LogP contribution in [0.2, 0.25) is 0 Å². The molecule has 0 saturated carbocycles. The smallest absolute Gasteiger partial charge is 0.0543 e. The van der Waals surface area contributed by atoms with E-state index in [-0.39, 0.29) is 0 Å². The summed E-state index contributed by atoms with van der Waals surface area (Å²) in [6.45, 7) is 0.563. The molecule has 64 valence electrons. The molecule has 0 atom stereocenters. The Balaban J connectivity index is 2.36. The highest BCUT2D eigenvalue weighted by atomic mass is 14.8. The summed E-state index contributed by atoms with van der Waals surface area (Å²) in [5.74, 6) is 0. The maximum Gasteiger partial charge on any atom is 0.0543 e. The Hall–Kier alpha value is -0.890. The molecule has 0 amide bonds. The molecule has 1 aromatic heterocycles. The van der Waals surface area contributed by atoms with Gasteiger partial charge in [-0.05, 0) is 37.3 Å². The van der Waals surface area contributed by atoms with Crippen LogP contribution in [0.25, 0.3) is 0 Å². The minimum atomic E-state index is 0.563. The lowest BCUT2D eigenvalue weighted by atomic mass is 9.96. The zero-order valence-corrected chi connectivity index (χ0v) is 7.21. The van der Waals surface area contributed by atoms with Crippen molar-refractivity contribution in [3.63, 3.8) is 0 Å². The van der Waals surface area contributed by atoms with E-state index >= 15 is 0 Å². The van der Waals surface area contributed by atoms with Gasteiger partial charge in [-0.3, -0.25) is 4.98 Å². The molecule has 1 heterocycles. The fraction of sp³-hybridized carbons (Fsp3) is 0.500. The lowest BCUT2D eigenvalue weighted by Crippen LogP contribution is -2.08. The number of nitrogens with two attached hydrogens (primary N) is 1. The minimum Gasteiger partial charge on any atom is -0.325 e. The first-order valence-corrected chi connectivity index (χ1v) is 4.58. The second kappa shape index (κ2) is 3.23. The van der Waals surface area contributed by atoms with Gasteiger partial charge in [0.05, 0.1) is 5.69 Å². The quantitative estimate of drug-likeness (QED) is 0.678. The van der Waals surface area contributed by atoms with Crippen molar-refractivity contribution >= 4 is 0 Å². The van der Waals surface area contributed by atoms with Crippen LogP contribution in [0.5, 0.6) is 0 Å². The van der Waals surface area contributed by atoms with Gasteiger partial charge in [-0.1, -0.05) is 6.07 Å². The third-order valence-corrected chi connectivity index (χ3v) is 2.44. The number of hydrogen-bond acceptors (Lipinski definition) is 2. The number of aryl methyl sites for hydroxylation is 2. The molecule has 1 aliphatic carbocycles. The molecular weight excluding hydrogens is 148 g/mol. The van der Waals surface area contributed by atoms with Crippen molar-refractivity contribution in [2.75, 3.05) is 0 Å². The topological polar surface area (TPSA) is 38.9 Å². The molecule has 1 aliphatic rings. The average Bonchev–Trinajstić information content (AvgIpc) is 2.17. The summed E-state index contributed by atoms with van der Waals surface area (Å²) >= 11 is 0. The zero-order valence-electron chi connectivity index (χ0n) is 7.21. The van der Waals surface area contributed by atoms with Crippen molar-refractivity contribution in [3.05, 3.63) is 29.1 Å². The van der Waals surface area contributed by atoms with Crippen LogP contribution in [-0.2, 0) is 19.4 Å². The number of pyridine rings is 1. The van der Waals surface area contributed by atoms with E-state index in [2.05, 4.69) is 11.1 Å². The normalized spacial score (nSPS) is 15.8. The van der Waals surface area contributed by atoms with Crippen LogP contribution >= 0.6 is 0 Å². The van der Waals surface area contributed by atoms with Crippen LogP contribution in [0.4, 0.5) is 0 Å². The molecule has 2 nitrogen and oxygen atoms in total. The van der Waals surface area contributed by atoms with Crippen LogP contribution in [0, 0.1) is 0 Å². The maximum atomic E-state index is 5.52. The standard InChI is InChI=1S/C10H14N2/c11-7-9-6-5-8-3-1-2-4-10(8)12-9/h5-6H,1-4,7,11H2. The highest BCUT2D eigenvalue weighted by molar-refractivity contribution is 5.25. The van der Waals surface area contributed by atoms with Crippen LogP contribution in [0.15, 0.2) is 12.1 Å². The van der Waals surface area contributed by atoms with Gasteiger partial charge in [-0.2, -0.15) is 0 Å². The Bertz CT molecular complexity index is 281. The first-order chi connectivity index (χ1) is 5.90. The predicted octanol–water partition coefficient (Wildman–Crippen LogP) is 1.42. The van der Waals surface area contributed by atoms with Crippen LogP contribution in [-0.4, -0.2) is 4.98 Å². The van der Waals surface area contributed by atoms with Crippen LogP contribution in [0.1, 0.15) is 29.8 Å². The third kappa shape index (κ3) is 1.34. The lowest BCUT2D eigenvalue weighted by Gasteiger charge is -2.14. The molecular formula is C10H14N2. The summed E-state index contributed by atoms with van der Waals surface area (Å²) in [6.07, 6.45) is 4.95. The highest BCUT2D eigenvalue weighted by Crippen LogP contribution is 2.19. The van der Waals surface area contributed by atoms with E-state index in [9.17, 15) is 0 Å². The van der Waals surface area contributed by atoms with Gasteiger partial charge in [0.2, 0.25) is 0 Å². The molecule has 12 heavy (non-hydrogen) atoms. The fourth-order valence-corrected chi connectivity index (χ4v) is 1.74. The van der Waals surface area contributed by atoms with E-state index in [0.717, 1.165) is 12.1 Å². The summed E-state index contributed by atoms with van der Waals surface area (Å²) in [5, 5.41) is 0. The van der Waals surface area contributed by atoms with Gasteiger partial charge in [-0.25, -0.2) is 0 Å². The second-order valence-corrected chi connectivity index (χ2v) is 3.32. The van der Waals surface area contributed by atoms with Crippen molar-refractivity contribution in [3.8, 4) is 0 Å². The molecule has 0 fully saturated rings. The number of fused-ring (bicyclic) bond motifs is 1. The van der Waals surface area contributed by atoms with Gasteiger partial charge < -0.3 is 5.73 Å². The lowest BCUT2D eigenvalue weighted by molar-refractivity contribution is 0.663.